The van der Waals surface area contributed by atoms with Crippen LogP contribution in [0.3, 0.4) is 0 Å². The molecule has 90 valence electrons. The van der Waals surface area contributed by atoms with Crippen LogP contribution in [0, 0.1) is 5.82 Å². The second-order valence-electron chi connectivity index (χ2n) is 3.70. The monoisotopic (exact) mass is 258 g/mol. The number of ketones is 1. The van der Waals surface area contributed by atoms with Crippen LogP contribution in [0.2, 0.25) is 5.15 Å². The van der Waals surface area contributed by atoms with Gasteiger partial charge in [0, 0.05) is 12.0 Å². The number of pyridine rings is 1. The molecule has 1 atom stereocenters. The van der Waals surface area contributed by atoms with Crippen LogP contribution < -0.4 is 0 Å². The first-order chi connectivity index (χ1) is 7.99. The number of likely N-dealkylation sites (tertiary alicyclic amines) is 1. The second-order valence-corrected chi connectivity index (χ2v) is 4.06. The Morgan fingerprint density at radius 1 is 1.65 bits per heavy atom. The van der Waals surface area contributed by atoms with E-state index in [0.717, 1.165) is 17.2 Å². The fourth-order valence-electron chi connectivity index (χ4n) is 1.84. The highest BCUT2D eigenvalue weighted by atomic mass is 35.5. The maximum atomic E-state index is 13.1. The molecule has 0 spiro atoms. The van der Waals surface area contributed by atoms with E-state index >= 15 is 0 Å². The molecule has 2 rings (SSSR count). The number of carbonyl (C=O) groups excluding carboxylic acids is 1. The second kappa shape index (κ2) is 4.29. The standard InChI is InChI=1S/C10H8ClFN2O3/c11-9-7(1-5(12)3-13-9)8-2-6(15)4-14(8)10(16)17/h1,3,8H,2,4H2,(H,16,17)/t8-/m1/s1. The maximum Gasteiger partial charge on any atom is 0.408 e. The molecule has 1 fully saturated rings. The van der Waals surface area contributed by atoms with Crippen molar-refractivity contribution in [3.05, 3.63) is 28.8 Å². The van der Waals surface area contributed by atoms with Gasteiger partial charge in [0.05, 0.1) is 18.8 Å². The average molecular weight is 259 g/mol. The number of nitrogens with zero attached hydrogens (tertiary/aromatic N) is 2. The van der Waals surface area contributed by atoms with Gasteiger partial charge in [-0.05, 0) is 6.07 Å². The first-order valence-electron chi connectivity index (χ1n) is 4.81. The van der Waals surface area contributed by atoms with Crippen LogP contribution in [-0.2, 0) is 4.79 Å². The molecule has 0 aliphatic carbocycles. The zero-order valence-corrected chi connectivity index (χ0v) is 9.32. The Kier molecular flexibility index (Phi) is 2.97. The van der Waals surface area contributed by atoms with Crippen LogP contribution in [-0.4, -0.2) is 33.4 Å². The molecule has 17 heavy (non-hydrogen) atoms. The van der Waals surface area contributed by atoms with Crippen molar-refractivity contribution >= 4 is 23.5 Å². The van der Waals surface area contributed by atoms with Gasteiger partial charge in [0.1, 0.15) is 11.0 Å². The van der Waals surface area contributed by atoms with E-state index in [1.165, 1.54) is 0 Å². The molecule has 1 aromatic heterocycles. The summed E-state index contributed by atoms with van der Waals surface area (Å²) in [6, 6.07) is 0.352. The van der Waals surface area contributed by atoms with Gasteiger partial charge in [0.15, 0.2) is 5.78 Å². The number of hydrogen-bond acceptors (Lipinski definition) is 3. The van der Waals surface area contributed by atoms with Crippen LogP contribution in [0.5, 0.6) is 0 Å². The highest BCUT2D eigenvalue weighted by molar-refractivity contribution is 6.30. The van der Waals surface area contributed by atoms with Crippen molar-refractivity contribution in [2.24, 2.45) is 0 Å². The SMILES string of the molecule is O=C1C[C@H](c2cc(F)cnc2Cl)N(C(=O)O)C1. The van der Waals surface area contributed by atoms with Gasteiger partial charge in [-0.1, -0.05) is 11.6 Å². The number of carbonyl (C=O) groups is 2. The van der Waals surface area contributed by atoms with Crippen molar-refractivity contribution < 1.29 is 19.1 Å². The third kappa shape index (κ3) is 2.21. The lowest BCUT2D eigenvalue weighted by molar-refractivity contribution is -0.116. The number of aromatic nitrogens is 1. The van der Waals surface area contributed by atoms with E-state index in [2.05, 4.69) is 4.98 Å². The molecule has 1 saturated heterocycles. The fraction of sp³-hybridized carbons (Fsp3) is 0.300. The van der Waals surface area contributed by atoms with E-state index in [9.17, 15) is 14.0 Å². The summed E-state index contributed by atoms with van der Waals surface area (Å²) in [5.41, 5.74) is 0.222. The van der Waals surface area contributed by atoms with E-state index in [1.807, 2.05) is 0 Å². The largest absolute Gasteiger partial charge is 0.465 e. The summed E-state index contributed by atoms with van der Waals surface area (Å²) in [5.74, 6) is -0.841. The summed E-state index contributed by atoms with van der Waals surface area (Å²) < 4.78 is 13.1. The van der Waals surface area contributed by atoms with E-state index in [1.54, 1.807) is 0 Å². The minimum absolute atomic E-state index is 0.00282. The van der Waals surface area contributed by atoms with Crippen LogP contribution in [0.1, 0.15) is 18.0 Å². The summed E-state index contributed by atoms with van der Waals surface area (Å²) in [7, 11) is 0. The lowest BCUT2D eigenvalue weighted by Crippen LogP contribution is -2.29. The van der Waals surface area contributed by atoms with Gasteiger partial charge in [-0.25, -0.2) is 14.2 Å². The molecule has 1 amide bonds. The first-order valence-corrected chi connectivity index (χ1v) is 5.19. The average Bonchev–Trinajstić information content (AvgIpc) is 2.64. The molecule has 1 N–H and O–H groups in total. The van der Waals surface area contributed by atoms with Crippen molar-refractivity contribution in [3.63, 3.8) is 0 Å². The van der Waals surface area contributed by atoms with Crippen molar-refractivity contribution in [3.8, 4) is 0 Å². The molecule has 0 bridgehead atoms. The Bertz CT molecular complexity index is 494. The Morgan fingerprint density at radius 2 is 2.35 bits per heavy atom. The number of carboxylic acid groups (broad SMARTS) is 1. The van der Waals surface area contributed by atoms with Gasteiger partial charge in [0.2, 0.25) is 0 Å². The van der Waals surface area contributed by atoms with E-state index in [-0.39, 0.29) is 29.5 Å². The van der Waals surface area contributed by atoms with Crippen LogP contribution >= 0.6 is 11.6 Å². The quantitative estimate of drug-likeness (QED) is 0.781. The van der Waals surface area contributed by atoms with E-state index in [0.29, 0.717) is 0 Å². The van der Waals surface area contributed by atoms with Crippen LogP contribution in [0.25, 0.3) is 0 Å². The van der Waals surface area contributed by atoms with Gasteiger partial charge < -0.3 is 5.11 Å². The summed E-state index contributed by atoms with van der Waals surface area (Å²) in [6.07, 6.45) is -0.300. The Hall–Kier alpha value is -1.69. The van der Waals surface area contributed by atoms with Crippen molar-refractivity contribution in [1.82, 2.24) is 9.88 Å². The third-order valence-electron chi connectivity index (χ3n) is 2.58. The van der Waals surface area contributed by atoms with Crippen molar-refractivity contribution in [2.75, 3.05) is 6.54 Å². The molecule has 0 saturated carbocycles. The lowest BCUT2D eigenvalue weighted by Gasteiger charge is -2.21. The first kappa shape index (κ1) is 11.8. The van der Waals surface area contributed by atoms with Gasteiger partial charge in [0.25, 0.3) is 0 Å². The molecule has 0 aromatic carbocycles. The van der Waals surface area contributed by atoms with Gasteiger partial charge in [-0.2, -0.15) is 0 Å². The number of rotatable bonds is 1. The number of Topliss-reactive ketones (excluding diaryl/α,β-unsaturated/α-hetero) is 1. The third-order valence-corrected chi connectivity index (χ3v) is 2.90. The predicted molar refractivity (Wildman–Crippen MR) is 56.3 cm³/mol. The summed E-state index contributed by atoms with van der Waals surface area (Å²) in [5, 5.41) is 8.95. The van der Waals surface area contributed by atoms with Gasteiger partial charge in [-0.15, -0.1) is 0 Å². The molecule has 0 radical (unpaired) electrons. The van der Waals surface area contributed by atoms with Crippen LogP contribution in [0.4, 0.5) is 9.18 Å². The Morgan fingerprint density at radius 3 is 3.00 bits per heavy atom. The molecule has 1 aromatic rings. The number of hydrogen-bond donors (Lipinski definition) is 1. The zero-order valence-electron chi connectivity index (χ0n) is 8.56. The molecule has 2 heterocycles. The zero-order chi connectivity index (χ0) is 12.6. The normalized spacial score (nSPS) is 19.8. The summed E-state index contributed by atoms with van der Waals surface area (Å²) in [6.45, 7) is -0.202. The van der Waals surface area contributed by atoms with Crippen LogP contribution in [0.15, 0.2) is 12.3 Å². The predicted octanol–water partition coefficient (Wildman–Crippen LogP) is 1.87. The Balaban J connectivity index is 2.41. The topological polar surface area (TPSA) is 70.5 Å². The lowest BCUT2D eigenvalue weighted by atomic mass is 10.1. The molecule has 0 unspecified atom stereocenters. The molecule has 1 aliphatic rings. The van der Waals surface area contributed by atoms with E-state index in [4.69, 9.17) is 16.7 Å². The molecular formula is C10H8ClFN2O3. The maximum absolute atomic E-state index is 13.1. The Labute approximate surface area is 101 Å². The minimum Gasteiger partial charge on any atom is -0.465 e. The highest BCUT2D eigenvalue weighted by Gasteiger charge is 2.36. The van der Waals surface area contributed by atoms with Gasteiger partial charge >= 0.3 is 6.09 Å². The molecule has 5 nitrogen and oxygen atoms in total. The highest BCUT2D eigenvalue weighted by Crippen LogP contribution is 2.33. The van der Waals surface area contributed by atoms with Crippen molar-refractivity contribution in [1.29, 1.82) is 0 Å². The number of amides is 1. The molecular weight excluding hydrogens is 251 g/mol. The fourth-order valence-corrected chi connectivity index (χ4v) is 2.07. The molecule has 1 aliphatic heterocycles. The minimum atomic E-state index is -1.24. The molecule has 7 heteroatoms. The number of halogens is 2. The van der Waals surface area contributed by atoms with Gasteiger partial charge in [-0.3, -0.25) is 9.69 Å². The smallest absolute Gasteiger partial charge is 0.408 e. The summed E-state index contributed by atoms with van der Waals surface area (Å²) in [4.78, 5) is 26.8. The van der Waals surface area contributed by atoms with Crippen molar-refractivity contribution in [2.45, 2.75) is 12.5 Å². The summed E-state index contributed by atoms with van der Waals surface area (Å²) >= 11 is 5.79. The van der Waals surface area contributed by atoms with E-state index < -0.39 is 18.0 Å².